The lowest BCUT2D eigenvalue weighted by atomic mass is 10.1. The van der Waals surface area contributed by atoms with E-state index < -0.39 is 0 Å². The number of hydrogen-bond donors (Lipinski definition) is 2. The fourth-order valence-corrected chi connectivity index (χ4v) is 2.86. The number of nitrogens with zero attached hydrogens (tertiary/aromatic N) is 4. The van der Waals surface area contributed by atoms with Gasteiger partial charge in [0.1, 0.15) is 17.4 Å². The van der Waals surface area contributed by atoms with Gasteiger partial charge in [0.2, 0.25) is 5.91 Å². The van der Waals surface area contributed by atoms with Gasteiger partial charge in [-0.15, -0.1) is 0 Å². The second-order valence-electron chi connectivity index (χ2n) is 6.37. The molecule has 1 aromatic carbocycles. The average molecular weight is 380 g/mol. The summed E-state index contributed by atoms with van der Waals surface area (Å²) in [5.74, 6) is 2.83. The summed E-state index contributed by atoms with van der Waals surface area (Å²) in [6, 6.07) is 9.42. The minimum absolute atomic E-state index is 0.0255. The van der Waals surface area contributed by atoms with E-state index in [0.29, 0.717) is 37.0 Å². The van der Waals surface area contributed by atoms with Crippen LogP contribution in [0.15, 0.2) is 42.7 Å². The number of benzene rings is 1. The monoisotopic (exact) mass is 380 g/mol. The molecule has 0 unspecified atom stereocenters. The average Bonchev–Trinajstić information content (AvgIpc) is 3.20. The number of carbonyl (C=O) groups excluding carboxylic acids is 1. The third kappa shape index (κ3) is 5.06. The molecule has 0 saturated carbocycles. The number of methoxy groups -OCH3 is 1. The van der Waals surface area contributed by atoms with Crippen LogP contribution in [-0.2, 0) is 11.2 Å². The Balaban J connectivity index is 1.48. The van der Waals surface area contributed by atoms with Crippen molar-refractivity contribution < 1.29 is 9.53 Å². The van der Waals surface area contributed by atoms with E-state index in [-0.39, 0.29) is 5.91 Å². The first-order valence-electron chi connectivity index (χ1n) is 9.05. The highest BCUT2D eigenvalue weighted by molar-refractivity contribution is 5.78. The number of ether oxygens (including phenoxy) is 1. The fraction of sp³-hybridized carbons (Fsp3) is 0.300. The lowest BCUT2D eigenvalue weighted by molar-refractivity contribution is -0.120. The van der Waals surface area contributed by atoms with E-state index in [2.05, 4.69) is 25.7 Å². The first-order chi connectivity index (χ1) is 13.5. The van der Waals surface area contributed by atoms with Crippen molar-refractivity contribution in [2.24, 2.45) is 0 Å². The van der Waals surface area contributed by atoms with E-state index in [1.807, 2.05) is 50.4 Å². The first-order valence-corrected chi connectivity index (χ1v) is 9.05. The molecule has 0 fully saturated rings. The fourth-order valence-electron chi connectivity index (χ4n) is 2.86. The molecule has 3 rings (SSSR count). The first kappa shape index (κ1) is 19.3. The Hall–Kier alpha value is -3.42. The Morgan fingerprint density at radius 3 is 2.75 bits per heavy atom. The van der Waals surface area contributed by atoms with Gasteiger partial charge in [-0.2, -0.15) is 5.10 Å². The van der Waals surface area contributed by atoms with Gasteiger partial charge in [-0.3, -0.25) is 4.79 Å². The summed E-state index contributed by atoms with van der Waals surface area (Å²) < 4.78 is 6.92. The smallest absolute Gasteiger partial charge is 0.224 e. The third-order valence-electron chi connectivity index (χ3n) is 4.14. The van der Waals surface area contributed by atoms with E-state index in [1.54, 1.807) is 18.0 Å². The van der Waals surface area contributed by atoms with Gasteiger partial charge in [0, 0.05) is 31.5 Å². The quantitative estimate of drug-likeness (QED) is 0.581. The van der Waals surface area contributed by atoms with Crippen molar-refractivity contribution in [3.8, 4) is 11.6 Å². The minimum atomic E-state index is -0.0255. The summed E-state index contributed by atoms with van der Waals surface area (Å²) in [7, 11) is 1.64. The van der Waals surface area contributed by atoms with E-state index in [4.69, 9.17) is 4.74 Å². The number of anilines is 1. The summed E-state index contributed by atoms with van der Waals surface area (Å²) in [6.07, 6.45) is 3.86. The molecule has 3 aromatic rings. The predicted molar refractivity (Wildman–Crippen MR) is 107 cm³/mol. The van der Waals surface area contributed by atoms with E-state index in [1.165, 1.54) is 0 Å². The number of amides is 1. The number of carbonyl (C=O) groups is 1. The number of nitrogens with one attached hydrogen (secondary N) is 2. The van der Waals surface area contributed by atoms with Gasteiger partial charge < -0.3 is 15.4 Å². The topological polar surface area (TPSA) is 94.0 Å². The highest BCUT2D eigenvalue weighted by Crippen LogP contribution is 2.18. The molecule has 0 saturated heterocycles. The molecule has 0 aliphatic heterocycles. The zero-order valence-electron chi connectivity index (χ0n) is 16.3. The molecule has 2 heterocycles. The highest BCUT2D eigenvalue weighted by atomic mass is 16.5. The van der Waals surface area contributed by atoms with Crippen molar-refractivity contribution in [1.82, 2.24) is 25.1 Å². The Bertz CT molecular complexity index is 940. The molecule has 2 aromatic heterocycles. The van der Waals surface area contributed by atoms with Gasteiger partial charge in [0.05, 0.1) is 13.5 Å². The molecule has 1 amide bonds. The normalized spacial score (nSPS) is 10.5. The van der Waals surface area contributed by atoms with Crippen molar-refractivity contribution in [2.75, 3.05) is 25.5 Å². The van der Waals surface area contributed by atoms with Crippen LogP contribution in [0.2, 0.25) is 0 Å². The van der Waals surface area contributed by atoms with Crippen LogP contribution in [0.3, 0.4) is 0 Å². The zero-order valence-corrected chi connectivity index (χ0v) is 16.3. The van der Waals surface area contributed by atoms with Gasteiger partial charge in [-0.25, -0.2) is 14.6 Å². The Morgan fingerprint density at radius 1 is 1.18 bits per heavy atom. The standard InChI is InChI=1S/C20H24N6O2/c1-14-11-16(5-6-17(14)28-3)12-20(27)22-9-8-21-18-13-19(25-15(2)24-18)26-10-4-7-23-26/h4-7,10-11,13H,8-9,12H2,1-3H3,(H,22,27)(H,21,24,25). The SMILES string of the molecule is COc1ccc(CC(=O)NCCNc2cc(-n3cccn3)nc(C)n2)cc1C. The largest absolute Gasteiger partial charge is 0.496 e. The second kappa shape index (κ2) is 8.98. The Labute approximate surface area is 164 Å². The molecule has 0 bridgehead atoms. The summed E-state index contributed by atoms with van der Waals surface area (Å²) >= 11 is 0. The molecule has 28 heavy (non-hydrogen) atoms. The van der Waals surface area contributed by atoms with Crippen molar-refractivity contribution in [3.05, 3.63) is 59.7 Å². The third-order valence-corrected chi connectivity index (χ3v) is 4.14. The maximum absolute atomic E-state index is 12.1. The summed E-state index contributed by atoms with van der Waals surface area (Å²) in [6.45, 7) is 4.85. The van der Waals surface area contributed by atoms with Gasteiger partial charge in [-0.05, 0) is 37.1 Å². The maximum Gasteiger partial charge on any atom is 0.224 e. The second-order valence-corrected chi connectivity index (χ2v) is 6.37. The molecule has 0 atom stereocenters. The Morgan fingerprint density at radius 2 is 2.04 bits per heavy atom. The molecule has 0 aliphatic rings. The molecule has 0 aliphatic carbocycles. The van der Waals surface area contributed by atoms with Gasteiger partial charge in [0.15, 0.2) is 5.82 Å². The van der Waals surface area contributed by atoms with Crippen molar-refractivity contribution >= 4 is 11.7 Å². The number of aromatic nitrogens is 4. The van der Waals surface area contributed by atoms with Gasteiger partial charge in [0.25, 0.3) is 0 Å². The summed E-state index contributed by atoms with van der Waals surface area (Å²) in [5.41, 5.74) is 1.97. The van der Waals surface area contributed by atoms with Crippen molar-refractivity contribution in [2.45, 2.75) is 20.3 Å². The van der Waals surface area contributed by atoms with Crippen molar-refractivity contribution in [3.63, 3.8) is 0 Å². The van der Waals surface area contributed by atoms with Crippen LogP contribution in [0.4, 0.5) is 5.82 Å². The maximum atomic E-state index is 12.1. The molecular weight excluding hydrogens is 356 g/mol. The van der Waals surface area contributed by atoms with Crippen LogP contribution >= 0.6 is 0 Å². The zero-order chi connectivity index (χ0) is 19.9. The summed E-state index contributed by atoms with van der Waals surface area (Å²) in [4.78, 5) is 20.9. The lowest BCUT2D eigenvalue weighted by Gasteiger charge is -2.10. The van der Waals surface area contributed by atoms with Crippen LogP contribution in [0, 0.1) is 13.8 Å². The number of hydrogen-bond acceptors (Lipinski definition) is 6. The highest BCUT2D eigenvalue weighted by Gasteiger charge is 2.07. The Kier molecular flexibility index (Phi) is 6.21. The van der Waals surface area contributed by atoms with Gasteiger partial charge >= 0.3 is 0 Å². The number of aryl methyl sites for hydroxylation is 2. The van der Waals surface area contributed by atoms with E-state index >= 15 is 0 Å². The molecule has 0 spiro atoms. The van der Waals surface area contributed by atoms with Crippen LogP contribution < -0.4 is 15.4 Å². The van der Waals surface area contributed by atoms with Crippen molar-refractivity contribution in [1.29, 1.82) is 0 Å². The van der Waals surface area contributed by atoms with E-state index in [9.17, 15) is 4.79 Å². The van der Waals surface area contributed by atoms with Crippen LogP contribution in [0.5, 0.6) is 5.75 Å². The van der Waals surface area contributed by atoms with Crippen LogP contribution in [-0.4, -0.2) is 45.9 Å². The van der Waals surface area contributed by atoms with Crippen LogP contribution in [0.1, 0.15) is 17.0 Å². The molecule has 8 heteroatoms. The number of rotatable bonds is 8. The molecule has 2 N–H and O–H groups in total. The predicted octanol–water partition coefficient (Wildman–Crippen LogP) is 2.06. The molecule has 0 radical (unpaired) electrons. The van der Waals surface area contributed by atoms with E-state index in [0.717, 1.165) is 16.9 Å². The molecule has 8 nitrogen and oxygen atoms in total. The summed E-state index contributed by atoms with van der Waals surface area (Å²) in [5, 5.41) is 10.3. The molecular formula is C20H24N6O2. The minimum Gasteiger partial charge on any atom is -0.496 e. The lowest BCUT2D eigenvalue weighted by Crippen LogP contribution is -2.30. The molecule has 146 valence electrons. The van der Waals surface area contributed by atoms with Gasteiger partial charge in [-0.1, -0.05) is 12.1 Å². The van der Waals surface area contributed by atoms with Crippen LogP contribution in [0.25, 0.3) is 5.82 Å².